The summed E-state index contributed by atoms with van der Waals surface area (Å²) in [5.41, 5.74) is 1.19. The first-order valence-electron chi connectivity index (χ1n) is 5.21. The summed E-state index contributed by atoms with van der Waals surface area (Å²) in [7, 11) is 0. The largest absolute Gasteiger partial charge is 0.327 e. The lowest BCUT2D eigenvalue weighted by Gasteiger charge is -2.19. The van der Waals surface area contributed by atoms with Crippen LogP contribution in [0.15, 0.2) is 33.7 Å². The molecule has 0 amide bonds. The van der Waals surface area contributed by atoms with E-state index in [4.69, 9.17) is 0 Å². The van der Waals surface area contributed by atoms with Gasteiger partial charge in [-0.1, -0.05) is 32.9 Å². The lowest BCUT2D eigenvalue weighted by Crippen LogP contribution is -2.13. The molecule has 0 unspecified atom stereocenters. The van der Waals surface area contributed by atoms with E-state index >= 15 is 0 Å². The molecule has 0 radical (unpaired) electrons. The van der Waals surface area contributed by atoms with Crippen molar-refractivity contribution in [2.24, 2.45) is 0 Å². The van der Waals surface area contributed by atoms with Crippen LogP contribution in [0.4, 0.5) is 0 Å². The van der Waals surface area contributed by atoms with Crippen molar-refractivity contribution in [2.75, 3.05) is 0 Å². The van der Waals surface area contributed by atoms with Crippen molar-refractivity contribution in [1.29, 1.82) is 0 Å². The lowest BCUT2D eigenvalue weighted by atomic mass is 9.86. The second-order valence-electron chi connectivity index (χ2n) is 4.98. The number of rotatable bonds is 0. The SMILES string of the molecule is CC(C)(C)c1ccc2c(Br)c[nH]c(=O)c2c1. The number of aromatic amines is 1. The molecule has 1 aromatic carbocycles. The number of hydrogen-bond acceptors (Lipinski definition) is 1. The first-order chi connectivity index (χ1) is 7.39. The van der Waals surface area contributed by atoms with Gasteiger partial charge in [0.15, 0.2) is 0 Å². The summed E-state index contributed by atoms with van der Waals surface area (Å²) in [6.45, 7) is 6.42. The highest BCUT2D eigenvalue weighted by Crippen LogP contribution is 2.27. The molecule has 1 heterocycles. The first-order valence-corrected chi connectivity index (χ1v) is 6.00. The van der Waals surface area contributed by atoms with E-state index in [0.717, 1.165) is 15.2 Å². The Balaban J connectivity index is 2.81. The zero-order valence-electron chi connectivity index (χ0n) is 9.60. The average Bonchev–Trinajstić information content (AvgIpc) is 2.22. The van der Waals surface area contributed by atoms with Crippen molar-refractivity contribution in [3.63, 3.8) is 0 Å². The number of benzene rings is 1. The van der Waals surface area contributed by atoms with E-state index < -0.39 is 0 Å². The van der Waals surface area contributed by atoms with E-state index in [0.29, 0.717) is 0 Å². The molecule has 0 spiro atoms. The molecular formula is C13H14BrNO. The van der Waals surface area contributed by atoms with Crippen LogP contribution in [0.1, 0.15) is 26.3 Å². The molecule has 0 saturated carbocycles. The summed E-state index contributed by atoms with van der Waals surface area (Å²) in [6, 6.07) is 6.04. The maximum absolute atomic E-state index is 11.7. The standard InChI is InChI=1S/C13H14BrNO/c1-13(2,3)8-4-5-9-10(6-8)12(16)15-7-11(9)14/h4-7H,1-3H3,(H,15,16). The fourth-order valence-electron chi connectivity index (χ4n) is 1.69. The highest BCUT2D eigenvalue weighted by Gasteiger charge is 2.14. The van der Waals surface area contributed by atoms with Crippen molar-refractivity contribution in [3.05, 3.63) is 44.8 Å². The Morgan fingerprint density at radius 3 is 2.50 bits per heavy atom. The van der Waals surface area contributed by atoms with Gasteiger partial charge in [0.1, 0.15) is 0 Å². The number of nitrogens with one attached hydrogen (secondary N) is 1. The van der Waals surface area contributed by atoms with Crippen molar-refractivity contribution >= 4 is 26.7 Å². The lowest BCUT2D eigenvalue weighted by molar-refractivity contribution is 0.591. The van der Waals surface area contributed by atoms with Crippen LogP contribution < -0.4 is 5.56 Å². The van der Waals surface area contributed by atoms with Gasteiger partial charge >= 0.3 is 0 Å². The molecule has 2 nitrogen and oxygen atoms in total. The molecule has 0 bridgehead atoms. The van der Waals surface area contributed by atoms with Crippen molar-refractivity contribution in [2.45, 2.75) is 26.2 Å². The number of aromatic nitrogens is 1. The third kappa shape index (κ3) is 1.92. The maximum atomic E-state index is 11.7. The van der Waals surface area contributed by atoms with E-state index in [9.17, 15) is 4.79 Å². The predicted molar refractivity (Wildman–Crippen MR) is 71.0 cm³/mol. The quantitative estimate of drug-likeness (QED) is 0.786. The number of halogens is 1. The minimum atomic E-state index is -0.0377. The van der Waals surface area contributed by atoms with Gasteiger partial charge in [-0.3, -0.25) is 4.79 Å². The number of pyridine rings is 1. The molecule has 0 aliphatic carbocycles. The second kappa shape index (κ2) is 3.74. The zero-order valence-corrected chi connectivity index (χ0v) is 11.2. The van der Waals surface area contributed by atoms with Gasteiger partial charge in [-0.05, 0) is 33.0 Å². The molecule has 1 aromatic heterocycles. The Morgan fingerprint density at radius 2 is 1.88 bits per heavy atom. The maximum Gasteiger partial charge on any atom is 0.255 e. The van der Waals surface area contributed by atoms with E-state index in [-0.39, 0.29) is 11.0 Å². The molecular weight excluding hydrogens is 266 g/mol. The summed E-state index contributed by atoms with van der Waals surface area (Å²) in [5, 5.41) is 1.69. The van der Waals surface area contributed by atoms with Crippen molar-refractivity contribution < 1.29 is 0 Å². The van der Waals surface area contributed by atoms with Crippen LogP contribution in [0.2, 0.25) is 0 Å². The van der Waals surface area contributed by atoms with Crippen LogP contribution in [0.25, 0.3) is 10.8 Å². The van der Waals surface area contributed by atoms with Crippen LogP contribution in [0.3, 0.4) is 0 Å². The van der Waals surface area contributed by atoms with Gasteiger partial charge < -0.3 is 4.98 Å². The zero-order chi connectivity index (χ0) is 11.9. The van der Waals surface area contributed by atoms with E-state index in [2.05, 4.69) is 47.8 Å². The first kappa shape index (κ1) is 11.4. The number of H-pyrrole nitrogens is 1. The molecule has 3 heteroatoms. The molecule has 2 aromatic rings. The van der Waals surface area contributed by atoms with Gasteiger partial charge in [-0.25, -0.2) is 0 Å². The van der Waals surface area contributed by atoms with Gasteiger partial charge in [0.05, 0.1) is 0 Å². The predicted octanol–water partition coefficient (Wildman–Crippen LogP) is 3.59. The average molecular weight is 280 g/mol. The molecule has 0 fully saturated rings. The summed E-state index contributed by atoms with van der Waals surface area (Å²) < 4.78 is 0.919. The van der Waals surface area contributed by atoms with Crippen LogP contribution in [0.5, 0.6) is 0 Å². The monoisotopic (exact) mass is 279 g/mol. The Morgan fingerprint density at radius 1 is 1.19 bits per heavy atom. The molecule has 0 saturated heterocycles. The van der Waals surface area contributed by atoms with Crippen LogP contribution in [-0.2, 0) is 5.41 Å². The highest BCUT2D eigenvalue weighted by molar-refractivity contribution is 9.10. The third-order valence-electron chi connectivity index (χ3n) is 2.72. The Kier molecular flexibility index (Phi) is 2.66. The fraction of sp³-hybridized carbons (Fsp3) is 0.308. The Labute approximate surface area is 103 Å². The van der Waals surface area contributed by atoms with Crippen LogP contribution in [-0.4, -0.2) is 4.98 Å². The molecule has 16 heavy (non-hydrogen) atoms. The van der Waals surface area contributed by atoms with E-state index in [1.54, 1.807) is 6.20 Å². The van der Waals surface area contributed by atoms with Gasteiger partial charge in [0, 0.05) is 21.4 Å². The van der Waals surface area contributed by atoms with Crippen LogP contribution >= 0.6 is 15.9 Å². The van der Waals surface area contributed by atoms with Gasteiger partial charge in [0.2, 0.25) is 0 Å². The normalized spacial score (nSPS) is 12.0. The van der Waals surface area contributed by atoms with E-state index in [1.165, 1.54) is 5.56 Å². The molecule has 0 atom stereocenters. The Hall–Kier alpha value is -1.09. The smallest absolute Gasteiger partial charge is 0.255 e. The Bertz CT molecular complexity index is 593. The fourth-order valence-corrected chi connectivity index (χ4v) is 2.15. The summed E-state index contributed by atoms with van der Waals surface area (Å²) in [5.74, 6) is 0. The molecule has 84 valence electrons. The molecule has 0 aliphatic heterocycles. The van der Waals surface area contributed by atoms with Gasteiger partial charge in [0.25, 0.3) is 5.56 Å². The number of fused-ring (bicyclic) bond motifs is 1. The summed E-state index contributed by atoms with van der Waals surface area (Å²) in [4.78, 5) is 14.5. The minimum absolute atomic E-state index is 0.0377. The van der Waals surface area contributed by atoms with Crippen molar-refractivity contribution in [1.82, 2.24) is 4.98 Å². The molecule has 0 aliphatic rings. The molecule has 2 rings (SSSR count). The third-order valence-corrected chi connectivity index (χ3v) is 3.37. The summed E-state index contributed by atoms with van der Waals surface area (Å²) >= 11 is 3.44. The van der Waals surface area contributed by atoms with Crippen molar-refractivity contribution in [3.8, 4) is 0 Å². The number of hydrogen-bond donors (Lipinski definition) is 1. The highest BCUT2D eigenvalue weighted by atomic mass is 79.9. The summed E-state index contributed by atoms with van der Waals surface area (Å²) in [6.07, 6.45) is 1.68. The second-order valence-corrected chi connectivity index (χ2v) is 5.83. The minimum Gasteiger partial charge on any atom is -0.327 e. The van der Waals surface area contributed by atoms with E-state index in [1.807, 2.05) is 12.1 Å². The molecule has 1 N–H and O–H groups in total. The van der Waals surface area contributed by atoms with Gasteiger partial charge in [-0.15, -0.1) is 0 Å². The van der Waals surface area contributed by atoms with Gasteiger partial charge in [-0.2, -0.15) is 0 Å². The topological polar surface area (TPSA) is 32.9 Å². The van der Waals surface area contributed by atoms with Crippen LogP contribution in [0, 0.1) is 0 Å².